The van der Waals surface area contributed by atoms with Gasteiger partial charge >= 0.3 is 0 Å². The van der Waals surface area contributed by atoms with E-state index in [9.17, 15) is 8.42 Å². The zero-order valence-corrected chi connectivity index (χ0v) is 18.6. The van der Waals surface area contributed by atoms with Crippen LogP contribution >= 0.6 is 11.6 Å². The predicted molar refractivity (Wildman–Crippen MR) is 121 cm³/mol. The van der Waals surface area contributed by atoms with Crippen molar-refractivity contribution in [3.05, 3.63) is 59.4 Å². The fraction of sp³-hybridized carbons (Fsp3) is 0.333. The maximum absolute atomic E-state index is 11.8. The van der Waals surface area contributed by atoms with Crippen LogP contribution in [0.1, 0.15) is 42.3 Å². The zero-order valence-electron chi connectivity index (χ0n) is 17.1. The molecule has 4 rings (SSSR count). The molecule has 0 radical (unpaired) electrons. The van der Waals surface area contributed by atoms with Gasteiger partial charge in [0, 0.05) is 12.4 Å². The summed E-state index contributed by atoms with van der Waals surface area (Å²) in [5.41, 5.74) is 3.34. The SMILES string of the molecule is C=Cc1ccc2c(n1)C(OC1(C)CC1)=NC(NCc1cc(CCl)cc(S(N)(=O)=O)c1)N2. The molecule has 1 atom stereocenters. The lowest BCUT2D eigenvalue weighted by molar-refractivity contribution is 0.184. The summed E-state index contributed by atoms with van der Waals surface area (Å²) < 4.78 is 29.7. The zero-order chi connectivity index (χ0) is 22.2. The number of aliphatic imine (C=N–C) groups is 1. The van der Waals surface area contributed by atoms with Gasteiger partial charge in [-0.3, -0.25) is 5.32 Å². The highest BCUT2D eigenvalue weighted by Gasteiger charge is 2.42. The molecular formula is C21H24ClN5O3S. The molecule has 0 amide bonds. The number of sulfonamides is 1. The number of alkyl halides is 1. The molecule has 2 aliphatic rings. The van der Waals surface area contributed by atoms with Crippen LogP contribution in [-0.4, -0.2) is 31.2 Å². The summed E-state index contributed by atoms with van der Waals surface area (Å²) in [4.78, 5) is 9.27. The van der Waals surface area contributed by atoms with Gasteiger partial charge < -0.3 is 10.1 Å². The second-order valence-corrected chi connectivity index (χ2v) is 9.74. The molecule has 10 heteroatoms. The third kappa shape index (κ3) is 5.07. The van der Waals surface area contributed by atoms with Gasteiger partial charge in [0.25, 0.3) is 0 Å². The fourth-order valence-corrected chi connectivity index (χ4v) is 3.98. The topological polar surface area (TPSA) is 119 Å². The van der Waals surface area contributed by atoms with Crippen LogP contribution in [0.3, 0.4) is 0 Å². The van der Waals surface area contributed by atoms with E-state index in [1.54, 1.807) is 6.08 Å². The number of fused-ring (bicyclic) bond motifs is 1. The van der Waals surface area contributed by atoms with Gasteiger partial charge in [-0.05, 0) is 61.2 Å². The first kappa shape index (κ1) is 21.8. The number of benzene rings is 1. The maximum atomic E-state index is 11.8. The van der Waals surface area contributed by atoms with Gasteiger partial charge in [0.15, 0.2) is 6.29 Å². The Balaban J connectivity index is 1.58. The van der Waals surface area contributed by atoms with Crippen molar-refractivity contribution in [1.29, 1.82) is 0 Å². The second kappa shape index (κ2) is 8.23. The molecule has 4 N–H and O–H groups in total. The monoisotopic (exact) mass is 461 g/mol. The van der Waals surface area contributed by atoms with E-state index in [1.807, 2.05) is 25.1 Å². The van der Waals surface area contributed by atoms with Crippen LogP contribution in [0.5, 0.6) is 0 Å². The van der Waals surface area contributed by atoms with Crippen LogP contribution in [0.15, 0.2) is 46.8 Å². The number of aromatic nitrogens is 1. The van der Waals surface area contributed by atoms with Crippen molar-refractivity contribution >= 4 is 39.3 Å². The highest BCUT2D eigenvalue weighted by Crippen LogP contribution is 2.40. The van der Waals surface area contributed by atoms with Crippen molar-refractivity contribution < 1.29 is 13.2 Å². The largest absolute Gasteiger partial charge is 0.470 e. The molecule has 8 nitrogen and oxygen atoms in total. The van der Waals surface area contributed by atoms with E-state index < -0.39 is 16.3 Å². The molecular weight excluding hydrogens is 438 g/mol. The first-order chi connectivity index (χ1) is 14.7. The average Bonchev–Trinajstić information content (AvgIpc) is 3.47. The lowest BCUT2D eigenvalue weighted by Crippen LogP contribution is -2.39. The summed E-state index contributed by atoms with van der Waals surface area (Å²) in [7, 11) is -3.84. The number of ether oxygens (including phenoxy) is 1. The smallest absolute Gasteiger partial charge is 0.241 e. The Morgan fingerprint density at radius 3 is 2.74 bits per heavy atom. The number of anilines is 1. The minimum absolute atomic E-state index is 0.0275. The van der Waals surface area contributed by atoms with Crippen LogP contribution in [0.25, 0.3) is 6.08 Å². The molecule has 164 valence electrons. The number of nitrogens with one attached hydrogen (secondary N) is 2. The standard InChI is InChI=1S/C21H24ClN5O3S/c1-3-15-4-5-17-18(25-15)19(30-21(2)6-7-21)27-20(26-17)24-12-14-8-13(11-22)9-16(10-14)31(23,28)29/h3-5,8-10,20,24,26H,1,6-7,11-12H2,2H3,(H2,23,28,29). The second-order valence-electron chi connectivity index (χ2n) is 7.91. The minimum atomic E-state index is -3.84. The third-order valence-corrected chi connectivity index (χ3v) is 6.37. The van der Waals surface area contributed by atoms with E-state index in [0.29, 0.717) is 23.7 Å². The van der Waals surface area contributed by atoms with Gasteiger partial charge in [0.05, 0.1) is 16.3 Å². The van der Waals surface area contributed by atoms with Gasteiger partial charge in [0.1, 0.15) is 11.3 Å². The Morgan fingerprint density at radius 1 is 1.35 bits per heavy atom. The molecule has 31 heavy (non-hydrogen) atoms. The molecule has 1 aliphatic carbocycles. The van der Waals surface area contributed by atoms with E-state index >= 15 is 0 Å². The molecule has 1 aromatic carbocycles. The highest BCUT2D eigenvalue weighted by atomic mass is 35.5. The number of halogens is 1. The molecule has 1 aliphatic heterocycles. The van der Waals surface area contributed by atoms with Crippen LogP contribution in [0.4, 0.5) is 5.69 Å². The minimum Gasteiger partial charge on any atom is -0.470 e. The van der Waals surface area contributed by atoms with Crippen molar-refractivity contribution in [1.82, 2.24) is 10.3 Å². The maximum Gasteiger partial charge on any atom is 0.241 e. The van der Waals surface area contributed by atoms with Crippen molar-refractivity contribution in [2.75, 3.05) is 5.32 Å². The summed E-state index contributed by atoms with van der Waals surface area (Å²) in [5, 5.41) is 11.8. The highest BCUT2D eigenvalue weighted by molar-refractivity contribution is 7.89. The predicted octanol–water partition coefficient (Wildman–Crippen LogP) is 2.93. The van der Waals surface area contributed by atoms with E-state index in [0.717, 1.165) is 29.8 Å². The number of nitrogens with zero attached hydrogens (tertiary/aromatic N) is 2. The molecule has 1 unspecified atom stereocenters. The van der Waals surface area contributed by atoms with Crippen molar-refractivity contribution in [2.24, 2.45) is 10.1 Å². The first-order valence-corrected chi connectivity index (χ1v) is 11.9. The molecule has 1 fully saturated rings. The normalized spacial score (nSPS) is 19.1. The Morgan fingerprint density at radius 2 is 2.10 bits per heavy atom. The number of hydrogen-bond acceptors (Lipinski definition) is 7. The summed E-state index contributed by atoms with van der Waals surface area (Å²) in [6.45, 7) is 6.16. The van der Waals surface area contributed by atoms with Gasteiger partial charge in [-0.15, -0.1) is 11.6 Å². The van der Waals surface area contributed by atoms with Gasteiger partial charge in [-0.2, -0.15) is 0 Å². The van der Waals surface area contributed by atoms with Crippen LogP contribution in [0.2, 0.25) is 0 Å². The molecule has 0 saturated heterocycles. The summed E-state index contributed by atoms with van der Waals surface area (Å²) >= 11 is 5.92. The Hall–Kier alpha value is -2.46. The third-order valence-electron chi connectivity index (χ3n) is 5.17. The van der Waals surface area contributed by atoms with Crippen LogP contribution in [0, 0.1) is 0 Å². The first-order valence-electron chi connectivity index (χ1n) is 9.81. The van der Waals surface area contributed by atoms with Crippen LogP contribution < -0.4 is 15.8 Å². The van der Waals surface area contributed by atoms with E-state index in [1.165, 1.54) is 12.1 Å². The summed E-state index contributed by atoms with van der Waals surface area (Å²) in [5.74, 6) is 0.645. The molecule has 0 bridgehead atoms. The van der Waals surface area contributed by atoms with Crippen molar-refractivity contribution in [3.8, 4) is 0 Å². The average molecular weight is 462 g/mol. The van der Waals surface area contributed by atoms with Gasteiger partial charge in [0.2, 0.25) is 15.9 Å². The number of pyridine rings is 1. The Kier molecular flexibility index (Phi) is 5.78. The molecule has 1 aromatic heterocycles. The van der Waals surface area contributed by atoms with Crippen molar-refractivity contribution in [2.45, 2.75) is 49.0 Å². The summed E-state index contributed by atoms with van der Waals surface area (Å²) in [6, 6.07) is 8.61. The Labute approximate surface area is 186 Å². The summed E-state index contributed by atoms with van der Waals surface area (Å²) in [6.07, 6.45) is 3.12. The van der Waals surface area contributed by atoms with Crippen LogP contribution in [-0.2, 0) is 27.2 Å². The lowest BCUT2D eigenvalue weighted by Gasteiger charge is -2.27. The quantitative estimate of drug-likeness (QED) is 0.545. The number of rotatable bonds is 7. The van der Waals surface area contributed by atoms with Crippen molar-refractivity contribution in [3.63, 3.8) is 0 Å². The molecule has 2 heterocycles. The van der Waals surface area contributed by atoms with E-state index in [-0.39, 0.29) is 16.4 Å². The Bertz CT molecular complexity index is 1160. The van der Waals surface area contributed by atoms with E-state index in [4.69, 9.17) is 21.5 Å². The number of primary sulfonamides is 1. The molecule has 1 saturated carbocycles. The fourth-order valence-electron chi connectivity index (χ4n) is 3.19. The molecule has 0 spiro atoms. The van der Waals surface area contributed by atoms with Gasteiger partial charge in [-0.1, -0.05) is 12.6 Å². The van der Waals surface area contributed by atoms with E-state index in [2.05, 4.69) is 27.2 Å². The number of hydrogen-bond donors (Lipinski definition) is 3. The lowest BCUT2D eigenvalue weighted by atomic mass is 10.1. The molecule has 2 aromatic rings. The number of nitrogens with two attached hydrogens (primary N) is 1. The van der Waals surface area contributed by atoms with Gasteiger partial charge in [-0.25, -0.2) is 23.5 Å².